The van der Waals surface area contributed by atoms with Crippen LogP contribution in [0.4, 0.5) is 17.3 Å². The monoisotopic (exact) mass is 390 g/mol. The van der Waals surface area contributed by atoms with Crippen LogP contribution in [-0.2, 0) is 0 Å². The Labute approximate surface area is 165 Å². The number of para-hydroxylation sites is 1. The second-order valence-corrected chi connectivity index (χ2v) is 6.72. The molecule has 0 spiro atoms. The van der Waals surface area contributed by atoms with E-state index in [1.807, 2.05) is 31.2 Å². The third-order valence-corrected chi connectivity index (χ3v) is 4.50. The Kier molecular flexibility index (Phi) is 4.55. The third-order valence-electron chi connectivity index (χ3n) is 4.50. The van der Waals surface area contributed by atoms with Gasteiger partial charge in [0.1, 0.15) is 0 Å². The molecule has 2 heterocycles. The van der Waals surface area contributed by atoms with Crippen LogP contribution in [-0.4, -0.2) is 20.4 Å². The number of nitro groups is 1. The first kappa shape index (κ1) is 18.4. The summed E-state index contributed by atoms with van der Waals surface area (Å²) in [4.78, 5) is 32.7. The summed E-state index contributed by atoms with van der Waals surface area (Å²) in [5.74, 6) is 0.611. The van der Waals surface area contributed by atoms with Crippen LogP contribution in [0, 0.1) is 24.0 Å². The first-order valence-corrected chi connectivity index (χ1v) is 8.94. The summed E-state index contributed by atoms with van der Waals surface area (Å²) < 4.78 is 1.32. The van der Waals surface area contributed by atoms with Gasteiger partial charge in [0.05, 0.1) is 10.5 Å². The molecule has 2 aromatic carbocycles. The van der Waals surface area contributed by atoms with Crippen molar-refractivity contribution in [1.29, 1.82) is 0 Å². The van der Waals surface area contributed by atoms with Crippen LogP contribution in [0.2, 0.25) is 0 Å². The Morgan fingerprint density at radius 3 is 2.69 bits per heavy atom. The van der Waals surface area contributed by atoms with Gasteiger partial charge in [-0.2, -0.15) is 0 Å². The minimum absolute atomic E-state index is 0.114. The molecule has 0 aliphatic carbocycles. The molecule has 1 aliphatic heterocycles. The van der Waals surface area contributed by atoms with Crippen molar-refractivity contribution < 1.29 is 4.92 Å². The maximum absolute atomic E-state index is 12.7. The number of nitro benzene ring substituents is 1. The number of nitrogens with one attached hydrogen (secondary N) is 2. The molecule has 146 valence electrons. The Morgan fingerprint density at radius 2 is 1.93 bits per heavy atom. The summed E-state index contributed by atoms with van der Waals surface area (Å²) >= 11 is 0. The summed E-state index contributed by atoms with van der Waals surface area (Å²) in [5, 5.41) is 17.7. The molecule has 1 unspecified atom stereocenters. The average molecular weight is 390 g/mol. The number of aliphatic imine (C=N–C) groups is 1. The van der Waals surface area contributed by atoms with E-state index in [1.165, 1.54) is 16.7 Å². The smallest absolute Gasteiger partial charge is 0.276 e. The van der Waals surface area contributed by atoms with Crippen LogP contribution in [0.1, 0.15) is 23.0 Å². The fourth-order valence-corrected chi connectivity index (χ4v) is 3.25. The largest absolute Gasteiger partial charge is 0.326 e. The van der Waals surface area contributed by atoms with E-state index in [9.17, 15) is 14.9 Å². The number of aryl methyl sites for hydroxylation is 2. The Hall–Kier alpha value is -4.01. The molecule has 3 aromatic rings. The van der Waals surface area contributed by atoms with Crippen molar-refractivity contribution in [2.45, 2.75) is 20.0 Å². The lowest BCUT2D eigenvalue weighted by Gasteiger charge is -2.26. The zero-order valence-electron chi connectivity index (χ0n) is 15.8. The Morgan fingerprint density at radius 1 is 1.14 bits per heavy atom. The van der Waals surface area contributed by atoms with E-state index in [1.54, 1.807) is 25.1 Å². The van der Waals surface area contributed by atoms with Crippen molar-refractivity contribution in [2.75, 3.05) is 10.6 Å². The van der Waals surface area contributed by atoms with Gasteiger partial charge in [-0.05, 0) is 37.6 Å². The molecule has 0 fully saturated rings. The van der Waals surface area contributed by atoms with E-state index >= 15 is 0 Å². The normalized spacial score (nSPS) is 15.1. The lowest BCUT2D eigenvalue weighted by Crippen LogP contribution is -2.37. The number of guanidine groups is 1. The van der Waals surface area contributed by atoms with E-state index in [-0.39, 0.29) is 17.2 Å². The van der Waals surface area contributed by atoms with Crippen molar-refractivity contribution in [3.8, 4) is 0 Å². The zero-order chi connectivity index (χ0) is 20.5. The molecule has 9 nitrogen and oxygen atoms in total. The quantitative estimate of drug-likeness (QED) is 0.524. The highest BCUT2D eigenvalue weighted by atomic mass is 16.6. The van der Waals surface area contributed by atoms with E-state index in [0.29, 0.717) is 17.2 Å². The van der Waals surface area contributed by atoms with Crippen molar-refractivity contribution in [2.24, 2.45) is 4.99 Å². The first-order chi connectivity index (χ1) is 13.9. The first-order valence-electron chi connectivity index (χ1n) is 8.94. The summed E-state index contributed by atoms with van der Waals surface area (Å²) in [6.45, 7) is 3.68. The Balaban J connectivity index is 1.86. The lowest BCUT2D eigenvalue weighted by atomic mass is 10.1. The summed E-state index contributed by atoms with van der Waals surface area (Å²) in [6.07, 6.45) is -0.930. The van der Waals surface area contributed by atoms with Gasteiger partial charge < -0.3 is 5.32 Å². The van der Waals surface area contributed by atoms with Crippen molar-refractivity contribution >= 4 is 23.3 Å². The third kappa shape index (κ3) is 3.57. The van der Waals surface area contributed by atoms with Gasteiger partial charge in [-0.1, -0.05) is 24.3 Å². The number of hydrogen-bond acceptors (Lipinski definition) is 7. The number of fused-ring (bicyclic) bond motifs is 1. The van der Waals surface area contributed by atoms with Gasteiger partial charge >= 0.3 is 0 Å². The molecular formula is C20H18N6O3. The number of aromatic nitrogens is 2. The summed E-state index contributed by atoms with van der Waals surface area (Å²) in [5.41, 5.74) is 2.23. The summed E-state index contributed by atoms with van der Waals surface area (Å²) in [7, 11) is 0. The number of rotatable bonds is 3. The van der Waals surface area contributed by atoms with Crippen molar-refractivity contribution in [3.05, 3.63) is 91.9 Å². The topological polar surface area (TPSA) is 114 Å². The molecule has 29 heavy (non-hydrogen) atoms. The lowest BCUT2D eigenvalue weighted by molar-refractivity contribution is -0.385. The molecule has 4 rings (SSSR count). The van der Waals surface area contributed by atoms with Crippen LogP contribution < -0.4 is 16.2 Å². The fourth-order valence-electron chi connectivity index (χ4n) is 3.25. The van der Waals surface area contributed by atoms with Gasteiger partial charge in [-0.25, -0.2) is 9.98 Å². The van der Waals surface area contributed by atoms with E-state index < -0.39 is 11.1 Å². The molecule has 0 bridgehead atoms. The minimum atomic E-state index is -0.930. The van der Waals surface area contributed by atoms with Gasteiger partial charge in [-0.15, -0.1) is 0 Å². The molecule has 0 saturated heterocycles. The van der Waals surface area contributed by atoms with Gasteiger partial charge in [0.25, 0.3) is 11.2 Å². The fraction of sp³-hybridized carbons (Fsp3) is 0.150. The molecule has 0 amide bonds. The van der Waals surface area contributed by atoms with Gasteiger partial charge in [0, 0.05) is 23.5 Å². The molecule has 2 N–H and O–H groups in total. The average Bonchev–Trinajstić information content (AvgIpc) is 2.67. The van der Waals surface area contributed by atoms with Crippen LogP contribution in [0.5, 0.6) is 0 Å². The molecule has 1 aliphatic rings. The maximum atomic E-state index is 12.7. The predicted octanol–water partition coefficient (Wildman–Crippen LogP) is 3.21. The predicted molar refractivity (Wildman–Crippen MR) is 110 cm³/mol. The highest BCUT2D eigenvalue weighted by Crippen LogP contribution is 2.31. The number of nitrogens with zero attached hydrogens (tertiary/aromatic N) is 4. The second-order valence-electron chi connectivity index (χ2n) is 6.72. The maximum Gasteiger partial charge on any atom is 0.276 e. The molecular weight excluding hydrogens is 372 g/mol. The Bertz CT molecular complexity index is 1200. The molecule has 1 atom stereocenters. The van der Waals surface area contributed by atoms with Gasteiger partial charge in [0.15, 0.2) is 6.17 Å². The minimum Gasteiger partial charge on any atom is -0.326 e. The van der Waals surface area contributed by atoms with Crippen molar-refractivity contribution in [3.63, 3.8) is 0 Å². The van der Waals surface area contributed by atoms with Crippen molar-refractivity contribution in [1.82, 2.24) is 9.55 Å². The number of benzene rings is 2. The van der Waals surface area contributed by atoms with E-state index in [0.717, 1.165) is 11.3 Å². The van der Waals surface area contributed by atoms with Crippen LogP contribution in [0.25, 0.3) is 0 Å². The SMILES string of the molecule is Cc1cccc(NC2=NC(c3ccccc3[N+](=O)[O-])n3c(nc(C)cc3=O)N2)c1. The van der Waals surface area contributed by atoms with Gasteiger partial charge in [0.2, 0.25) is 11.9 Å². The molecule has 0 saturated carbocycles. The van der Waals surface area contributed by atoms with Crippen LogP contribution in [0.15, 0.2) is 64.4 Å². The van der Waals surface area contributed by atoms with Gasteiger partial charge in [-0.3, -0.25) is 24.8 Å². The van der Waals surface area contributed by atoms with E-state index in [4.69, 9.17) is 0 Å². The molecule has 1 aromatic heterocycles. The standard InChI is InChI=1S/C20H18N6O3/c1-12-6-5-7-14(10-12)22-19-23-18(15-8-3-4-9-16(15)26(28)29)25-17(27)11-13(2)21-20(25)24-19/h3-11,18H,1-2H3,(H2,21,22,23,24). The van der Waals surface area contributed by atoms with Crippen LogP contribution >= 0.6 is 0 Å². The zero-order valence-corrected chi connectivity index (χ0v) is 15.8. The number of anilines is 2. The summed E-state index contributed by atoms with van der Waals surface area (Å²) in [6, 6.07) is 15.3. The molecule has 9 heteroatoms. The second kappa shape index (κ2) is 7.19. The highest BCUT2D eigenvalue weighted by Gasteiger charge is 2.30. The molecule has 0 radical (unpaired) electrons. The number of hydrogen-bond donors (Lipinski definition) is 2. The van der Waals surface area contributed by atoms with E-state index in [2.05, 4.69) is 20.6 Å². The van der Waals surface area contributed by atoms with Crippen LogP contribution in [0.3, 0.4) is 0 Å². The highest BCUT2D eigenvalue weighted by molar-refractivity contribution is 6.03.